The topological polar surface area (TPSA) is 130 Å². The number of nitro benzene ring substituents is 1. The smallest absolute Gasteiger partial charge is 0.269 e. The molecule has 1 N–H and O–H groups in total. The molecule has 1 aliphatic rings. The summed E-state index contributed by atoms with van der Waals surface area (Å²) in [6, 6.07) is 17.0. The van der Waals surface area contributed by atoms with Crippen LogP contribution in [0, 0.1) is 15.9 Å². The van der Waals surface area contributed by atoms with Gasteiger partial charge in [-0.25, -0.2) is 12.8 Å². The van der Waals surface area contributed by atoms with Crippen molar-refractivity contribution in [3.05, 3.63) is 100 Å². The second-order valence-corrected chi connectivity index (χ2v) is 12.4. The van der Waals surface area contributed by atoms with Gasteiger partial charge in [0.15, 0.2) is 0 Å². The molecule has 0 spiro atoms. The standard InChI is InChI=1S/C31H35FN4O6S/c1-2-29(31(38)33-25-9-5-3-6-10-25)34(21-23-13-15-24(32)16-14-23)30(37)22-35(26-17-19-27(20-18-26)36(39)40)43(41,42)28-11-7-4-8-12-28/h4,7-8,11-20,25,29H,2-3,5-6,9-10,21-22H2,1H3,(H,33,38)/t29-/m0/s1. The average molecular weight is 611 g/mol. The van der Waals surface area contributed by atoms with Crippen LogP contribution in [0.5, 0.6) is 0 Å². The number of sulfonamides is 1. The number of nitrogens with one attached hydrogen (secondary N) is 1. The summed E-state index contributed by atoms with van der Waals surface area (Å²) >= 11 is 0. The number of amides is 2. The van der Waals surface area contributed by atoms with Crippen LogP contribution in [0.2, 0.25) is 0 Å². The van der Waals surface area contributed by atoms with Crippen LogP contribution in [-0.4, -0.2) is 48.7 Å². The van der Waals surface area contributed by atoms with E-state index in [0.717, 1.165) is 48.5 Å². The number of hydrogen-bond donors (Lipinski definition) is 1. The van der Waals surface area contributed by atoms with Crippen LogP contribution in [0.25, 0.3) is 0 Å². The SMILES string of the molecule is CC[C@@H](C(=O)NC1CCCCC1)N(Cc1ccc(F)cc1)C(=O)CN(c1ccc([N+](=O)[O-])cc1)S(=O)(=O)c1ccccc1. The lowest BCUT2D eigenvalue weighted by Gasteiger charge is -2.34. The van der Waals surface area contributed by atoms with Gasteiger partial charge in [-0.05, 0) is 61.2 Å². The maximum Gasteiger partial charge on any atom is 0.269 e. The maximum atomic E-state index is 14.1. The van der Waals surface area contributed by atoms with Crippen molar-refractivity contribution < 1.29 is 27.3 Å². The van der Waals surface area contributed by atoms with Gasteiger partial charge in [-0.15, -0.1) is 0 Å². The molecule has 0 radical (unpaired) electrons. The molecule has 43 heavy (non-hydrogen) atoms. The second kappa shape index (κ2) is 14.2. The Labute approximate surface area is 250 Å². The number of nitro groups is 1. The van der Waals surface area contributed by atoms with Crippen LogP contribution >= 0.6 is 0 Å². The molecule has 12 heteroatoms. The van der Waals surface area contributed by atoms with E-state index in [1.807, 2.05) is 0 Å². The Morgan fingerprint density at radius 1 is 0.977 bits per heavy atom. The molecule has 0 aliphatic heterocycles. The molecular formula is C31H35FN4O6S. The summed E-state index contributed by atoms with van der Waals surface area (Å²) in [4.78, 5) is 39.5. The first-order valence-electron chi connectivity index (χ1n) is 14.3. The fourth-order valence-corrected chi connectivity index (χ4v) is 6.67. The highest BCUT2D eigenvalue weighted by molar-refractivity contribution is 7.92. The predicted octanol–water partition coefficient (Wildman–Crippen LogP) is 5.19. The van der Waals surface area contributed by atoms with Gasteiger partial charge < -0.3 is 10.2 Å². The maximum absolute atomic E-state index is 14.1. The van der Waals surface area contributed by atoms with E-state index < -0.39 is 39.3 Å². The van der Waals surface area contributed by atoms with Crippen molar-refractivity contribution in [3.63, 3.8) is 0 Å². The molecule has 228 valence electrons. The van der Waals surface area contributed by atoms with E-state index in [4.69, 9.17) is 0 Å². The number of carbonyl (C=O) groups excluding carboxylic acids is 2. The van der Waals surface area contributed by atoms with Crippen LogP contribution < -0.4 is 9.62 Å². The third-order valence-corrected chi connectivity index (χ3v) is 9.35. The third kappa shape index (κ3) is 7.95. The van der Waals surface area contributed by atoms with Gasteiger partial charge in [0.1, 0.15) is 18.4 Å². The van der Waals surface area contributed by atoms with Crippen molar-refractivity contribution in [2.45, 2.75) is 69.0 Å². The van der Waals surface area contributed by atoms with E-state index in [1.54, 1.807) is 25.1 Å². The fourth-order valence-electron chi connectivity index (χ4n) is 5.24. The average Bonchev–Trinajstić information content (AvgIpc) is 3.01. The van der Waals surface area contributed by atoms with Gasteiger partial charge >= 0.3 is 0 Å². The monoisotopic (exact) mass is 610 g/mol. The minimum Gasteiger partial charge on any atom is -0.352 e. The zero-order chi connectivity index (χ0) is 31.0. The number of carbonyl (C=O) groups is 2. The highest BCUT2D eigenvalue weighted by Gasteiger charge is 2.34. The Morgan fingerprint density at radius 2 is 1.60 bits per heavy atom. The summed E-state index contributed by atoms with van der Waals surface area (Å²) in [7, 11) is -4.30. The number of hydrogen-bond acceptors (Lipinski definition) is 6. The second-order valence-electron chi connectivity index (χ2n) is 10.5. The van der Waals surface area contributed by atoms with Gasteiger partial charge in [0, 0.05) is 24.7 Å². The van der Waals surface area contributed by atoms with Gasteiger partial charge in [-0.1, -0.05) is 56.5 Å². The Hall–Kier alpha value is -4.32. The van der Waals surface area contributed by atoms with Crippen LogP contribution in [0.15, 0.2) is 83.8 Å². The quantitative estimate of drug-likeness (QED) is 0.222. The van der Waals surface area contributed by atoms with Gasteiger partial charge in [0.25, 0.3) is 15.7 Å². The molecule has 10 nitrogen and oxygen atoms in total. The van der Waals surface area contributed by atoms with E-state index in [0.29, 0.717) is 5.56 Å². The first kappa shape index (κ1) is 31.6. The first-order chi connectivity index (χ1) is 20.6. The van der Waals surface area contributed by atoms with E-state index in [9.17, 15) is 32.5 Å². The Bertz CT molecular complexity index is 1510. The lowest BCUT2D eigenvalue weighted by molar-refractivity contribution is -0.384. The summed E-state index contributed by atoms with van der Waals surface area (Å²) in [6.07, 6.45) is 5.05. The molecule has 1 fully saturated rings. The molecule has 4 rings (SSSR count). The number of halogens is 1. The Morgan fingerprint density at radius 3 is 2.19 bits per heavy atom. The highest BCUT2D eigenvalue weighted by Crippen LogP contribution is 2.27. The minimum absolute atomic E-state index is 0.00635. The zero-order valence-corrected chi connectivity index (χ0v) is 24.7. The summed E-state index contributed by atoms with van der Waals surface area (Å²) in [5.41, 5.74) is 0.367. The van der Waals surface area contributed by atoms with Crippen molar-refractivity contribution in [3.8, 4) is 0 Å². The van der Waals surface area contributed by atoms with Crippen molar-refractivity contribution >= 4 is 33.2 Å². The number of nitrogens with zero attached hydrogens (tertiary/aromatic N) is 3. The van der Waals surface area contributed by atoms with Crippen LogP contribution in [0.4, 0.5) is 15.8 Å². The molecule has 0 heterocycles. The number of benzene rings is 3. The predicted molar refractivity (Wildman–Crippen MR) is 160 cm³/mol. The Kier molecular flexibility index (Phi) is 10.5. The molecule has 0 aromatic heterocycles. The molecular weight excluding hydrogens is 575 g/mol. The number of rotatable bonds is 12. The van der Waals surface area contributed by atoms with Gasteiger partial charge in [0.2, 0.25) is 11.8 Å². The number of non-ortho nitro benzene ring substituents is 1. The van der Waals surface area contributed by atoms with E-state index >= 15 is 0 Å². The van der Waals surface area contributed by atoms with Crippen molar-refractivity contribution in [1.82, 2.24) is 10.2 Å². The largest absolute Gasteiger partial charge is 0.352 e. The third-order valence-electron chi connectivity index (χ3n) is 7.56. The molecule has 1 aliphatic carbocycles. The van der Waals surface area contributed by atoms with Crippen molar-refractivity contribution in [2.75, 3.05) is 10.8 Å². The van der Waals surface area contributed by atoms with Crippen molar-refractivity contribution in [1.29, 1.82) is 0 Å². The fraction of sp³-hybridized carbons (Fsp3) is 0.355. The van der Waals surface area contributed by atoms with E-state index in [1.165, 1.54) is 53.4 Å². The van der Waals surface area contributed by atoms with E-state index in [-0.39, 0.29) is 41.2 Å². The normalized spacial score (nSPS) is 14.5. The van der Waals surface area contributed by atoms with Gasteiger partial charge in [-0.3, -0.25) is 24.0 Å². The number of anilines is 1. The molecule has 1 saturated carbocycles. The van der Waals surface area contributed by atoms with Gasteiger partial charge in [-0.2, -0.15) is 0 Å². The Balaban J connectivity index is 1.70. The van der Waals surface area contributed by atoms with Gasteiger partial charge in [0.05, 0.1) is 15.5 Å². The summed E-state index contributed by atoms with van der Waals surface area (Å²) in [5.74, 6) is -1.45. The highest BCUT2D eigenvalue weighted by atomic mass is 32.2. The first-order valence-corrected chi connectivity index (χ1v) is 15.7. The van der Waals surface area contributed by atoms with Crippen LogP contribution in [0.3, 0.4) is 0 Å². The molecule has 3 aromatic carbocycles. The molecule has 1 atom stereocenters. The lowest BCUT2D eigenvalue weighted by Crippen LogP contribution is -2.54. The molecule has 0 unspecified atom stereocenters. The van der Waals surface area contributed by atoms with Crippen LogP contribution in [0.1, 0.15) is 51.0 Å². The molecule has 0 saturated heterocycles. The molecule has 3 aromatic rings. The minimum atomic E-state index is -4.30. The summed E-state index contributed by atoms with van der Waals surface area (Å²) in [5, 5.41) is 14.3. The molecule has 2 amide bonds. The van der Waals surface area contributed by atoms with Crippen LogP contribution in [-0.2, 0) is 26.2 Å². The lowest BCUT2D eigenvalue weighted by atomic mass is 9.95. The zero-order valence-electron chi connectivity index (χ0n) is 23.9. The summed E-state index contributed by atoms with van der Waals surface area (Å²) in [6.45, 7) is 1.03. The summed E-state index contributed by atoms with van der Waals surface area (Å²) < 4.78 is 42.2. The molecule has 0 bridgehead atoms. The van der Waals surface area contributed by atoms with Crippen molar-refractivity contribution in [2.24, 2.45) is 0 Å². The van der Waals surface area contributed by atoms with E-state index in [2.05, 4.69) is 5.32 Å².